The summed E-state index contributed by atoms with van der Waals surface area (Å²) >= 11 is 0. The summed E-state index contributed by atoms with van der Waals surface area (Å²) in [7, 11) is 3.45. The fourth-order valence-electron chi connectivity index (χ4n) is 13.2. The van der Waals surface area contributed by atoms with E-state index in [4.69, 9.17) is 28.9 Å². The second-order valence-electron chi connectivity index (χ2n) is 19.7. The second-order valence-corrected chi connectivity index (χ2v) is 19.7. The zero-order valence-electron chi connectivity index (χ0n) is 38.9. The summed E-state index contributed by atoms with van der Waals surface area (Å²) < 4.78 is 27.2. The van der Waals surface area contributed by atoms with Gasteiger partial charge in [-0.25, -0.2) is 0 Å². The fraction of sp³-hybridized carbons (Fsp3) is 0.379. The Morgan fingerprint density at radius 3 is 1.48 bits per heavy atom. The lowest BCUT2D eigenvalue weighted by atomic mass is 9.71. The number of rotatable bonds is 18. The van der Waals surface area contributed by atoms with Crippen molar-refractivity contribution < 1.29 is 27.9 Å². The summed E-state index contributed by atoms with van der Waals surface area (Å²) in [5.41, 5.74) is 6.99. The van der Waals surface area contributed by atoms with Crippen LogP contribution in [0.1, 0.15) is 60.1 Å². The molecule has 6 aliphatic heterocycles. The molecular weight excluding hydrogens is 817 g/mol. The van der Waals surface area contributed by atoms with Crippen molar-refractivity contribution in [3.63, 3.8) is 0 Å². The van der Waals surface area contributed by atoms with Crippen LogP contribution in [-0.2, 0) is 22.6 Å². The molecule has 10 atom stereocenters. The van der Waals surface area contributed by atoms with Crippen LogP contribution in [0.5, 0.6) is 11.5 Å². The Hall–Kier alpha value is -5.64. The number of quaternary nitrogens is 2. The van der Waals surface area contributed by atoms with E-state index in [0.717, 1.165) is 94.4 Å². The largest absolute Gasteiger partial charge is 0.497 e. The molecule has 0 aliphatic carbocycles. The topological polar surface area (TPSA) is 62.7 Å². The van der Waals surface area contributed by atoms with E-state index in [1.165, 1.54) is 45.9 Å². The highest BCUT2D eigenvalue weighted by atomic mass is 16.5. The maximum Gasteiger partial charge on any atom is 0.135 e. The first-order chi connectivity index (χ1) is 32.3. The number of benzene rings is 4. The maximum atomic E-state index is 6.93. The van der Waals surface area contributed by atoms with Gasteiger partial charge in [0.1, 0.15) is 48.9 Å². The van der Waals surface area contributed by atoms with E-state index >= 15 is 0 Å². The highest BCUT2D eigenvalue weighted by molar-refractivity contribution is 5.85. The number of pyridine rings is 2. The van der Waals surface area contributed by atoms with Crippen LogP contribution in [-0.4, -0.2) is 84.6 Å². The van der Waals surface area contributed by atoms with Crippen LogP contribution >= 0.6 is 0 Å². The number of piperidine rings is 6. The number of methoxy groups -OCH3 is 2. The normalized spacial score (nSPS) is 27.7. The Morgan fingerprint density at radius 2 is 1.06 bits per heavy atom. The number of aromatic nitrogens is 2. The van der Waals surface area contributed by atoms with Crippen molar-refractivity contribution in [3.8, 4) is 11.5 Å². The molecule has 8 heteroatoms. The third-order valence-corrected chi connectivity index (χ3v) is 16.4. The zero-order valence-corrected chi connectivity index (χ0v) is 38.9. The molecule has 8 heterocycles. The summed E-state index contributed by atoms with van der Waals surface area (Å²) in [6.07, 6.45) is 16.4. The van der Waals surface area contributed by atoms with Gasteiger partial charge < -0.3 is 27.9 Å². The van der Waals surface area contributed by atoms with E-state index in [-0.39, 0.29) is 24.3 Å². The van der Waals surface area contributed by atoms with Crippen LogP contribution in [0.15, 0.2) is 148 Å². The number of hydrogen-bond donors (Lipinski definition) is 0. The summed E-state index contributed by atoms with van der Waals surface area (Å²) in [6.45, 7) is 24.0. The molecule has 4 bridgehead atoms. The first-order valence-corrected chi connectivity index (χ1v) is 24.1. The van der Waals surface area contributed by atoms with Gasteiger partial charge in [-0.15, -0.1) is 26.3 Å². The van der Waals surface area contributed by atoms with Gasteiger partial charge in [0.15, 0.2) is 0 Å². The van der Waals surface area contributed by atoms with Crippen molar-refractivity contribution in [1.82, 2.24) is 9.97 Å². The Kier molecular flexibility index (Phi) is 12.4. The van der Waals surface area contributed by atoms with Crippen molar-refractivity contribution in [2.75, 3.05) is 53.6 Å². The van der Waals surface area contributed by atoms with Crippen molar-refractivity contribution in [2.45, 2.75) is 63.1 Å². The van der Waals surface area contributed by atoms with E-state index < -0.39 is 0 Å². The van der Waals surface area contributed by atoms with Gasteiger partial charge in [-0.3, -0.25) is 9.97 Å². The average Bonchev–Trinajstić information content (AvgIpc) is 3.36. The molecule has 0 spiro atoms. The van der Waals surface area contributed by atoms with E-state index in [0.29, 0.717) is 36.9 Å². The van der Waals surface area contributed by atoms with Crippen molar-refractivity contribution in [2.24, 2.45) is 23.7 Å². The number of hydrogen-bond acceptors (Lipinski definition) is 6. The average molecular weight is 883 g/mol. The Bertz CT molecular complexity index is 2600. The molecule has 66 heavy (non-hydrogen) atoms. The quantitative estimate of drug-likeness (QED) is 0.0633. The van der Waals surface area contributed by atoms with Gasteiger partial charge >= 0.3 is 0 Å². The third-order valence-electron chi connectivity index (χ3n) is 16.4. The highest BCUT2D eigenvalue weighted by Gasteiger charge is 2.56. The zero-order chi connectivity index (χ0) is 45.4. The number of fused-ring (bicyclic) bond motifs is 9. The molecule has 6 aromatic rings. The van der Waals surface area contributed by atoms with Gasteiger partial charge in [-0.05, 0) is 94.4 Å². The summed E-state index contributed by atoms with van der Waals surface area (Å²) in [5, 5.41) is 4.74. The van der Waals surface area contributed by atoms with Crippen LogP contribution in [0.2, 0.25) is 0 Å². The SMILES string of the molecule is C=CCO[C@@H](c1ccnc2ccc(OC)cc12)C1CC2CC[N+]1(Cc1ccc3ccc(C[N+]45CCC(C[C@@H]4[C@@H](OCC=C)c4ccnc6ccc(OC)cc46)C(C=C)C5)cc3c1)C[C@@H]2C=C. The van der Waals surface area contributed by atoms with Gasteiger partial charge in [0.05, 0.1) is 64.6 Å². The van der Waals surface area contributed by atoms with E-state index in [1.807, 2.05) is 36.7 Å². The van der Waals surface area contributed by atoms with Crippen molar-refractivity contribution >= 4 is 32.6 Å². The second kappa shape index (κ2) is 18.6. The van der Waals surface area contributed by atoms with Crippen LogP contribution in [0.25, 0.3) is 32.6 Å². The van der Waals surface area contributed by atoms with E-state index in [9.17, 15) is 0 Å². The summed E-state index contributed by atoms with van der Waals surface area (Å²) in [4.78, 5) is 9.52. The molecule has 2 aromatic heterocycles. The van der Waals surface area contributed by atoms with Gasteiger partial charge in [-0.1, -0.05) is 48.6 Å². The minimum Gasteiger partial charge on any atom is -0.497 e. The first kappa shape index (κ1) is 44.2. The van der Waals surface area contributed by atoms with Crippen molar-refractivity contribution in [1.29, 1.82) is 0 Å². The molecule has 4 aromatic carbocycles. The molecule has 0 N–H and O–H groups in total. The standard InChI is InChI=1S/C58H66N4O4/c1-7-27-65-57(49-19-23-59-53-17-15-47(63-5)33-51(49)53)55-31-44-21-25-61(55,37-41(44)9-3)35-39-11-13-43-14-12-40(30-46(43)29-39)36-62-26-22-45(42(10-4)38-62)32-56(62)58(66-28-8-2)50-20-24-60-54-18-16-48(64-6)34-52(50)54/h7-20,23-24,29-30,33-34,41-42,44-45,55-58H,1-4,21-22,25-28,31-32,35-38H2,5-6H3/q+2/t41-,42?,44?,45?,55?,56+,57-,58-,61?,62?/m0/s1. The lowest BCUT2D eigenvalue weighted by Gasteiger charge is -2.58. The Balaban J connectivity index is 1.00. The molecule has 8 nitrogen and oxygen atoms in total. The predicted octanol–water partition coefficient (Wildman–Crippen LogP) is 11.7. The lowest BCUT2D eigenvalue weighted by Crippen LogP contribution is -2.67. The molecule has 0 amide bonds. The molecule has 12 rings (SSSR count). The molecule has 0 saturated carbocycles. The summed E-state index contributed by atoms with van der Waals surface area (Å²) in [5.74, 6) is 3.76. The van der Waals surface area contributed by atoms with Crippen LogP contribution in [0.3, 0.4) is 0 Å². The molecule has 6 aliphatic rings. The lowest BCUT2D eigenvalue weighted by molar-refractivity contribution is -0.985. The van der Waals surface area contributed by atoms with Crippen LogP contribution in [0.4, 0.5) is 0 Å². The van der Waals surface area contributed by atoms with E-state index in [1.54, 1.807) is 14.2 Å². The van der Waals surface area contributed by atoms with Crippen LogP contribution < -0.4 is 9.47 Å². The molecule has 6 unspecified atom stereocenters. The van der Waals surface area contributed by atoms with Crippen LogP contribution in [0, 0.1) is 23.7 Å². The first-order valence-electron chi connectivity index (χ1n) is 24.1. The highest BCUT2D eigenvalue weighted by Crippen LogP contribution is 2.51. The fourth-order valence-corrected chi connectivity index (χ4v) is 13.2. The molecule has 340 valence electrons. The molecule has 0 radical (unpaired) electrons. The summed E-state index contributed by atoms with van der Waals surface area (Å²) in [6, 6.07) is 31.6. The van der Waals surface area contributed by atoms with E-state index in [2.05, 4.69) is 111 Å². The maximum absolute atomic E-state index is 6.93. The monoisotopic (exact) mass is 883 g/mol. The number of nitrogens with zero attached hydrogens (tertiary/aromatic N) is 4. The predicted molar refractivity (Wildman–Crippen MR) is 266 cm³/mol. The molecule has 6 fully saturated rings. The van der Waals surface area contributed by atoms with Gasteiger partial charge in [0.25, 0.3) is 0 Å². The van der Waals surface area contributed by atoms with Crippen molar-refractivity contribution in [3.05, 3.63) is 170 Å². The minimum absolute atomic E-state index is 0.136. The third kappa shape index (κ3) is 8.06. The Morgan fingerprint density at radius 1 is 0.591 bits per heavy atom. The molecular formula is C58H66N4O4+2. The minimum atomic E-state index is -0.136. The van der Waals surface area contributed by atoms with Gasteiger partial charge in [-0.2, -0.15) is 0 Å². The molecule has 6 saturated heterocycles. The smallest absolute Gasteiger partial charge is 0.135 e. The number of ether oxygens (including phenoxy) is 4. The Labute approximate surface area is 391 Å². The van der Waals surface area contributed by atoms with Gasteiger partial charge in [0.2, 0.25) is 0 Å². The van der Waals surface area contributed by atoms with Gasteiger partial charge in [0, 0.05) is 71.8 Å².